The van der Waals surface area contributed by atoms with Crippen LogP contribution >= 0.6 is 24.0 Å². The highest BCUT2D eigenvalue weighted by atomic mass is 127. The number of aliphatic imine (C=N–C) groups is 1. The van der Waals surface area contributed by atoms with Gasteiger partial charge in [0.2, 0.25) is 0 Å². The molecule has 0 spiro atoms. The maximum Gasteiger partial charge on any atom is 0.191 e. The van der Waals surface area contributed by atoms with Crippen molar-refractivity contribution in [2.24, 2.45) is 4.99 Å². The number of benzene rings is 1. The molecule has 1 aromatic heterocycles. The summed E-state index contributed by atoms with van der Waals surface area (Å²) in [5.41, 5.74) is 1.55. The molecule has 0 saturated carbocycles. The Kier molecular flexibility index (Phi) is 10.9. The molecule has 2 rings (SSSR count). The van der Waals surface area contributed by atoms with Crippen LogP contribution in [0.1, 0.15) is 44.6 Å². The molecular formula is C20H31FIN5O. The third-order valence-electron chi connectivity index (χ3n) is 4.13. The molecule has 0 radical (unpaired) electrons. The second-order valence-corrected chi connectivity index (χ2v) is 6.72. The summed E-state index contributed by atoms with van der Waals surface area (Å²) in [7, 11) is 1.90. The van der Waals surface area contributed by atoms with E-state index in [1.54, 1.807) is 12.1 Å². The van der Waals surface area contributed by atoms with E-state index < -0.39 is 0 Å². The molecule has 0 amide bonds. The first-order valence-electron chi connectivity index (χ1n) is 9.44. The maximum atomic E-state index is 13.8. The lowest BCUT2D eigenvalue weighted by Crippen LogP contribution is -2.38. The number of aromatic nitrogens is 1. The number of hydrogen-bond acceptors (Lipinski definition) is 4. The molecule has 0 aliphatic carbocycles. The molecule has 156 valence electrons. The minimum Gasteiger partial charge on any atom is -0.372 e. The Hall–Kier alpha value is -1.84. The smallest absolute Gasteiger partial charge is 0.191 e. The minimum absolute atomic E-state index is 0. The van der Waals surface area contributed by atoms with Crippen molar-refractivity contribution in [3.8, 4) is 0 Å². The summed E-state index contributed by atoms with van der Waals surface area (Å²) in [6.45, 7) is 8.86. The third-order valence-corrected chi connectivity index (χ3v) is 4.13. The molecule has 28 heavy (non-hydrogen) atoms. The molecule has 2 aromatic rings. The molecule has 1 aromatic carbocycles. The van der Waals surface area contributed by atoms with Gasteiger partial charge in [0.05, 0.1) is 11.4 Å². The van der Waals surface area contributed by atoms with Crippen LogP contribution in [0.4, 0.5) is 10.1 Å². The zero-order valence-electron chi connectivity index (χ0n) is 17.0. The van der Waals surface area contributed by atoms with Crippen LogP contribution in [0.3, 0.4) is 0 Å². The van der Waals surface area contributed by atoms with Crippen LogP contribution in [0.15, 0.2) is 39.8 Å². The SMILES string of the molecule is CCNC(=NCc1cc(C(C)C)no1)NCCCN(C)c1ccccc1F.I. The van der Waals surface area contributed by atoms with Gasteiger partial charge in [0.1, 0.15) is 12.4 Å². The molecule has 0 fully saturated rings. The van der Waals surface area contributed by atoms with Crippen molar-refractivity contribution in [2.45, 2.75) is 39.7 Å². The van der Waals surface area contributed by atoms with E-state index in [0.29, 0.717) is 18.2 Å². The lowest BCUT2D eigenvalue weighted by molar-refractivity contribution is 0.376. The average molecular weight is 503 g/mol. The number of hydrogen-bond donors (Lipinski definition) is 2. The van der Waals surface area contributed by atoms with E-state index in [0.717, 1.165) is 43.5 Å². The molecule has 0 bridgehead atoms. The summed E-state index contributed by atoms with van der Waals surface area (Å²) >= 11 is 0. The van der Waals surface area contributed by atoms with Gasteiger partial charge in [0.15, 0.2) is 11.7 Å². The predicted octanol–water partition coefficient (Wildman–Crippen LogP) is 4.14. The van der Waals surface area contributed by atoms with Crippen LogP contribution in [0.25, 0.3) is 0 Å². The van der Waals surface area contributed by atoms with Gasteiger partial charge in [-0.2, -0.15) is 0 Å². The van der Waals surface area contributed by atoms with E-state index in [2.05, 4.69) is 34.6 Å². The topological polar surface area (TPSA) is 65.7 Å². The summed E-state index contributed by atoms with van der Waals surface area (Å²) in [6.07, 6.45) is 0.856. The fourth-order valence-electron chi connectivity index (χ4n) is 2.58. The summed E-state index contributed by atoms with van der Waals surface area (Å²) in [5, 5.41) is 10.6. The largest absolute Gasteiger partial charge is 0.372 e. The second kappa shape index (κ2) is 12.6. The van der Waals surface area contributed by atoms with Crippen LogP contribution in [0.5, 0.6) is 0 Å². The van der Waals surface area contributed by atoms with Crippen molar-refractivity contribution < 1.29 is 8.91 Å². The Bertz CT molecular complexity index is 735. The molecule has 0 atom stereocenters. The lowest BCUT2D eigenvalue weighted by Gasteiger charge is -2.20. The van der Waals surface area contributed by atoms with Crippen molar-refractivity contribution in [3.63, 3.8) is 0 Å². The molecule has 0 unspecified atom stereocenters. The second-order valence-electron chi connectivity index (χ2n) is 6.72. The van der Waals surface area contributed by atoms with Crippen molar-refractivity contribution in [2.75, 3.05) is 31.6 Å². The normalized spacial score (nSPS) is 11.3. The molecular weight excluding hydrogens is 472 g/mol. The van der Waals surface area contributed by atoms with Gasteiger partial charge in [-0.05, 0) is 31.4 Å². The van der Waals surface area contributed by atoms with Crippen LogP contribution in [-0.4, -0.2) is 37.8 Å². The van der Waals surface area contributed by atoms with Crippen LogP contribution in [-0.2, 0) is 6.54 Å². The van der Waals surface area contributed by atoms with Crippen LogP contribution < -0.4 is 15.5 Å². The highest BCUT2D eigenvalue weighted by molar-refractivity contribution is 14.0. The van der Waals surface area contributed by atoms with Gasteiger partial charge in [0.25, 0.3) is 0 Å². The zero-order valence-corrected chi connectivity index (χ0v) is 19.4. The van der Waals surface area contributed by atoms with Gasteiger partial charge >= 0.3 is 0 Å². The number of anilines is 1. The fraction of sp³-hybridized carbons (Fsp3) is 0.500. The standard InChI is InChI=1S/C20H30FN5O.HI/c1-5-22-20(24-14-16-13-18(15(2)3)25-27-16)23-11-8-12-26(4)19-10-7-6-9-17(19)21;/h6-7,9-10,13,15H,5,8,11-12,14H2,1-4H3,(H2,22,23,24);1H. The minimum atomic E-state index is -0.198. The first-order valence-corrected chi connectivity index (χ1v) is 9.44. The van der Waals surface area contributed by atoms with Gasteiger partial charge in [-0.25, -0.2) is 9.38 Å². The molecule has 1 heterocycles. The third kappa shape index (κ3) is 7.65. The Morgan fingerprint density at radius 2 is 2.04 bits per heavy atom. The van der Waals surface area contributed by atoms with Crippen molar-refractivity contribution >= 4 is 35.6 Å². The van der Waals surface area contributed by atoms with Gasteiger partial charge in [-0.1, -0.05) is 31.1 Å². The van der Waals surface area contributed by atoms with E-state index in [-0.39, 0.29) is 29.8 Å². The van der Waals surface area contributed by atoms with Crippen molar-refractivity contribution in [1.29, 1.82) is 0 Å². The summed E-state index contributed by atoms with van der Waals surface area (Å²) < 4.78 is 19.1. The summed E-state index contributed by atoms with van der Waals surface area (Å²) in [6, 6.07) is 8.76. The highest BCUT2D eigenvalue weighted by Crippen LogP contribution is 2.17. The number of nitrogens with zero attached hydrogens (tertiary/aromatic N) is 3. The van der Waals surface area contributed by atoms with Crippen molar-refractivity contribution in [1.82, 2.24) is 15.8 Å². The van der Waals surface area contributed by atoms with E-state index in [1.165, 1.54) is 6.07 Å². The number of para-hydroxylation sites is 1. The molecule has 2 N–H and O–H groups in total. The molecule has 8 heteroatoms. The maximum absolute atomic E-state index is 13.8. The molecule has 6 nitrogen and oxygen atoms in total. The van der Waals surface area contributed by atoms with Crippen LogP contribution in [0, 0.1) is 5.82 Å². The molecule has 0 aliphatic rings. The van der Waals surface area contributed by atoms with E-state index >= 15 is 0 Å². The van der Waals surface area contributed by atoms with Gasteiger partial charge < -0.3 is 20.1 Å². The summed E-state index contributed by atoms with van der Waals surface area (Å²) in [4.78, 5) is 6.45. The van der Waals surface area contributed by atoms with Gasteiger partial charge in [0, 0.05) is 32.7 Å². The average Bonchev–Trinajstić information content (AvgIpc) is 3.12. The number of rotatable bonds is 9. The van der Waals surface area contributed by atoms with Crippen LogP contribution in [0.2, 0.25) is 0 Å². The van der Waals surface area contributed by atoms with E-state index in [4.69, 9.17) is 4.52 Å². The number of nitrogens with one attached hydrogen (secondary N) is 2. The van der Waals surface area contributed by atoms with E-state index in [9.17, 15) is 4.39 Å². The zero-order chi connectivity index (χ0) is 19.6. The Morgan fingerprint density at radius 1 is 1.29 bits per heavy atom. The van der Waals surface area contributed by atoms with Gasteiger partial charge in [-0.3, -0.25) is 0 Å². The van der Waals surface area contributed by atoms with Gasteiger partial charge in [-0.15, -0.1) is 24.0 Å². The number of halogens is 2. The molecule has 0 saturated heterocycles. The Morgan fingerprint density at radius 3 is 2.68 bits per heavy atom. The van der Waals surface area contributed by atoms with E-state index in [1.807, 2.05) is 31.0 Å². The fourth-order valence-corrected chi connectivity index (χ4v) is 2.58. The number of guanidine groups is 1. The first kappa shape index (κ1) is 24.2. The Labute approximate surface area is 184 Å². The predicted molar refractivity (Wildman–Crippen MR) is 123 cm³/mol. The highest BCUT2D eigenvalue weighted by Gasteiger charge is 2.08. The van der Waals surface area contributed by atoms with Crippen molar-refractivity contribution in [3.05, 3.63) is 47.6 Å². The summed E-state index contributed by atoms with van der Waals surface area (Å²) in [5.74, 6) is 1.61. The molecule has 0 aliphatic heterocycles. The lowest BCUT2D eigenvalue weighted by atomic mass is 10.1. The monoisotopic (exact) mass is 503 g/mol. The first-order chi connectivity index (χ1) is 13.0. The Balaban J connectivity index is 0.00000392. The quantitative estimate of drug-likeness (QED) is 0.233.